The van der Waals surface area contributed by atoms with Gasteiger partial charge in [-0.2, -0.15) is 0 Å². The standard InChI is InChI=1S/C19H25ClN2O3/c1-21(15-6-4-3-5-7-15)19(24)13-10-18(23)22(12-13)16-11-14(20)8-9-17(16)25-2/h8-9,11,13,15H,3-7,10,12H2,1-2H3. The van der Waals surface area contributed by atoms with Gasteiger partial charge in [0.1, 0.15) is 5.75 Å². The molecule has 25 heavy (non-hydrogen) atoms. The van der Waals surface area contributed by atoms with Crippen molar-refractivity contribution in [1.82, 2.24) is 4.90 Å². The molecule has 2 aliphatic rings. The highest BCUT2D eigenvalue weighted by Crippen LogP contribution is 2.36. The van der Waals surface area contributed by atoms with Crippen LogP contribution in [0.15, 0.2) is 18.2 Å². The molecule has 1 saturated carbocycles. The maximum Gasteiger partial charge on any atom is 0.228 e. The van der Waals surface area contributed by atoms with E-state index in [0.717, 1.165) is 12.8 Å². The molecule has 6 heteroatoms. The number of halogens is 1. The zero-order chi connectivity index (χ0) is 18.0. The molecule has 1 aromatic carbocycles. The lowest BCUT2D eigenvalue weighted by Gasteiger charge is -2.32. The minimum atomic E-state index is -0.303. The molecule has 5 nitrogen and oxygen atoms in total. The van der Waals surface area contributed by atoms with Gasteiger partial charge in [0.25, 0.3) is 0 Å². The normalized spacial score (nSPS) is 21.5. The van der Waals surface area contributed by atoms with Crippen LogP contribution in [-0.4, -0.2) is 43.5 Å². The number of hydrogen-bond donors (Lipinski definition) is 0. The second-order valence-electron chi connectivity index (χ2n) is 6.96. The zero-order valence-electron chi connectivity index (χ0n) is 14.8. The molecule has 0 bridgehead atoms. The van der Waals surface area contributed by atoms with Crippen molar-refractivity contribution in [2.75, 3.05) is 25.6 Å². The number of methoxy groups -OCH3 is 1. The second-order valence-corrected chi connectivity index (χ2v) is 7.40. The van der Waals surface area contributed by atoms with Gasteiger partial charge < -0.3 is 14.5 Å². The Morgan fingerprint density at radius 3 is 2.68 bits per heavy atom. The third kappa shape index (κ3) is 3.76. The largest absolute Gasteiger partial charge is 0.495 e. The van der Waals surface area contributed by atoms with E-state index in [-0.39, 0.29) is 24.2 Å². The molecule has 2 fully saturated rings. The van der Waals surface area contributed by atoms with Crippen LogP contribution in [-0.2, 0) is 9.59 Å². The van der Waals surface area contributed by atoms with Crippen LogP contribution in [0, 0.1) is 5.92 Å². The van der Waals surface area contributed by atoms with Crippen molar-refractivity contribution in [2.45, 2.75) is 44.6 Å². The highest BCUT2D eigenvalue weighted by molar-refractivity contribution is 6.31. The van der Waals surface area contributed by atoms with Crippen LogP contribution in [0.2, 0.25) is 5.02 Å². The van der Waals surface area contributed by atoms with Gasteiger partial charge in [0, 0.05) is 31.1 Å². The highest BCUT2D eigenvalue weighted by Gasteiger charge is 2.38. The van der Waals surface area contributed by atoms with Gasteiger partial charge in [-0.1, -0.05) is 30.9 Å². The van der Waals surface area contributed by atoms with Crippen LogP contribution in [0.3, 0.4) is 0 Å². The fraction of sp³-hybridized carbons (Fsp3) is 0.579. The van der Waals surface area contributed by atoms with Crippen molar-refractivity contribution in [3.05, 3.63) is 23.2 Å². The van der Waals surface area contributed by atoms with Gasteiger partial charge in [-0.15, -0.1) is 0 Å². The first-order valence-electron chi connectivity index (χ1n) is 8.92. The molecule has 1 saturated heterocycles. The van der Waals surface area contributed by atoms with Crippen LogP contribution in [0.1, 0.15) is 38.5 Å². The summed E-state index contributed by atoms with van der Waals surface area (Å²) in [6.07, 6.45) is 5.98. The minimum Gasteiger partial charge on any atom is -0.495 e. The van der Waals surface area contributed by atoms with Gasteiger partial charge in [-0.25, -0.2) is 0 Å². The van der Waals surface area contributed by atoms with E-state index in [9.17, 15) is 9.59 Å². The molecule has 1 unspecified atom stereocenters. The number of carbonyl (C=O) groups is 2. The summed E-state index contributed by atoms with van der Waals surface area (Å²) >= 11 is 6.08. The summed E-state index contributed by atoms with van der Waals surface area (Å²) in [4.78, 5) is 28.9. The molecule has 3 rings (SSSR count). The Labute approximate surface area is 153 Å². The average molecular weight is 365 g/mol. The summed E-state index contributed by atoms with van der Waals surface area (Å²) in [7, 11) is 3.44. The van der Waals surface area contributed by atoms with E-state index in [2.05, 4.69) is 0 Å². The number of amides is 2. The van der Waals surface area contributed by atoms with Gasteiger partial charge in [0.05, 0.1) is 18.7 Å². The lowest BCUT2D eigenvalue weighted by molar-refractivity contribution is -0.137. The van der Waals surface area contributed by atoms with Crippen LogP contribution in [0.25, 0.3) is 0 Å². The third-order valence-corrected chi connectivity index (χ3v) is 5.61. The number of benzene rings is 1. The van der Waals surface area contributed by atoms with Crippen LogP contribution in [0.4, 0.5) is 5.69 Å². The SMILES string of the molecule is COc1ccc(Cl)cc1N1CC(C(=O)N(C)C2CCCCC2)CC1=O. The molecule has 1 atom stereocenters. The lowest BCUT2D eigenvalue weighted by Crippen LogP contribution is -2.42. The van der Waals surface area contributed by atoms with Gasteiger partial charge in [-0.05, 0) is 31.0 Å². The molecule has 0 aromatic heterocycles. The van der Waals surface area contributed by atoms with Gasteiger partial charge in [0.2, 0.25) is 11.8 Å². The molecule has 136 valence electrons. The number of carbonyl (C=O) groups excluding carboxylic acids is 2. The topological polar surface area (TPSA) is 49.9 Å². The third-order valence-electron chi connectivity index (χ3n) is 5.38. The Balaban J connectivity index is 1.74. The number of nitrogens with zero attached hydrogens (tertiary/aromatic N) is 2. The van der Waals surface area contributed by atoms with Crippen LogP contribution in [0.5, 0.6) is 5.75 Å². The molecular formula is C19H25ClN2O3. The maximum atomic E-state index is 12.9. The number of ether oxygens (including phenoxy) is 1. The predicted octanol–water partition coefficient (Wildman–Crippen LogP) is 3.49. The Morgan fingerprint density at radius 1 is 1.28 bits per heavy atom. The molecular weight excluding hydrogens is 340 g/mol. The van der Waals surface area contributed by atoms with Gasteiger partial charge >= 0.3 is 0 Å². The summed E-state index contributed by atoms with van der Waals surface area (Å²) in [5, 5.41) is 0.540. The Morgan fingerprint density at radius 2 is 2.00 bits per heavy atom. The Hall–Kier alpha value is -1.75. The summed E-state index contributed by atoms with van der Waals surface area (Å²) in [6, 6.07) is 5.50. The first kappa shape index (κ1) is 18.1. The fourth-order valence-electron chi connectivity index (χ4n) is 3.92. The van der Waals surface area contributed by atoms with Crippen molar-refractivity contribution in [3.8, 4) is 5.75 Å². The van der Waals surface area contributed by atoms with Crippen molar-refractivity contribution >= 4 is 29.1 Å². The number of anilines is 1. The van der Waals surface area contributed by atoms with Crippen molar-refractivity contribution in [1.29, 1.82) is 0 Å². The molecule has 0 radical (unpaired) electrons. The van der Waals surface area contributed by atoms with E-state index in [0.29, 0.717) is 29.0 Å². The predicted molar refractivity (Wildman–Crippen MR) is 98.1 cm³/mol. The number of hydrogen-bond acceptors (Lipinski definition) is 3. The molecule has 1 aliphatic heterocycles. The molecule has 0 N–H and O–H groups in total. The number of rotatable bonds is 4. The van der Waals surface area contributed by atoms with E-state index in [4.69, 9.17) is 16.3 Å². The molecule has 1 aliphatic carbocycles. The van der Waals surface area contributed by atoms with Crippen molar-refractivity contribution in [2.24, 2.45) is 5.92 Å². The summed E-state index contributed by atoms with van der Waals surface area (Å²) < 4.78 is 5.35. The fourth-order valence-corrected chi connectivity index (χ4v) is 4.08. The second kappa shape index (κ2) is 7.65. The van der Waals surface area contributed by atoms with Gasteiger partial charge in [-0.3, -0.25) is 9.59 Å². The zero-order valence-corrected chi connectivity index (χ0v) is 15.6. The van der Waals surface area contributed by atoms with Gasteiger partial charge in [0.15, 0.2) is 0 Å². The molecule has 0 spiro atoms. The minimum absolute atomic E-state index is 0.0593. The quantitative estimate of drug-likeness (QED) is 0.821. The molecule has 2 amide bonds. The van der Waals surface area contributed by atoms with Crippen LogP contribution < -0.4 is 9.64 Å². The average Bonchev–Trinajstić information content (AvgIpc) is 3.02. The molecule has 1 aromatic rings. The first-order chi connectivity index (χ1) is 12.0. The highest BCUT2D eigenvalue weighted by atomic mass is 35.5. The van der Waals surface area contributed by atoms with E-state index in [1.165, 1.54) is 19.3 Å². The summed E-state index contributed by atoms with van der Waals surface area (Å²) in [6.45, 7) is 0.380. The maximum absolute atomic E-state index is 12.9. The molecule has 1 heterocycles. The monoisotopic (exact) mass is 364 g/mol. The summed E-state index contributed by atoms with van der Waals surface area (Å²) in [5.41, 5.74) is 0.635. The Kier molecular flexibility index (Phi) is 5.52. The van der Waals surface area contributed by atoms with E-state index in [1.54, 1.807) is 30.2 Å². The van der Waals surface area contributed by atoms with E-state index >= 15 is 0 Å². The summed E-state index contributed by atoms with van der Waals surface area (Å²) in [5.74, 6) is 0.300. The van der Waals surface area contributed by atoms with Crippen LogP contribution >= 0.6 is 11.6 Å². The van der Waals surface area contributed by atoms with E-state index in [1.807, 2.05) is 11.9 Å². The Bertz CT molecular complexity index is 658. The van der Waals surface area contributed by atoms with Crippen molar-refractivity contribution < 1.29 is 14.3 Å². The first-order valence-corrected chi connectivity index (χ1v) is 9.29. The smallest absolute Gasteiger partial charge is 0.228 e. The lowest BCUT2D eigenvalue weighted by atomic mass is 9.93. The van der Waals surface area contributed by atoms with E-state index < -0.39 is 0 Å². The van der Waals surface area contributed by atoms with Crippen molar-refractivity contribution in [3.63, 3.8) is 0 Å².